The standard InChI is InChI=1S/C22H26ClN5O2/c1-21(2,3)20-24-17(26-30-20)13-28-9-7-22(8-10-28)12-16(22)19-25-18(27-29-19)14-5-4-6-15(23)11-14/h4-6,11,16H,7-10,12-13H2,1-3H3. The number of benzene rings is 1. The van der Waals surface area contributed by atoms with Gasteiger partial charge in [-0.1, -0.05) is 54.8 Å². The van der Waals surface area contributed by atoms with Gasteiger partial charge < -0.3 is 9.05 Å². The summed E-state index contributed by atoms with van der Waals surface area (Å²) in [5.74, 6) is 3.19. The molecule has 0 radical (unpaired) electrons. The first-order chi connectivity index (χ1) is 14.3. The molecular weight excluding hydrogens is 402 g/mol. The van der Waals surface area contributed by atoms with Crippen molar-refractivity contribution >= 4 is 11.6 Å². The van der Waals surface area contributed by atoms with Crippen LogP contribution in [-0.4, -0.2) is 38.3 Å². The first-order valence-electron chi connectivity index (χ1n) is 10.5. The fourth-order valence-electron chi connectivity index (χ4n) is 4.35. The summed E-state index contributed by atoms with van der Waals surface area (Å²) in [4.78, 5) is 11.6. The molecule has 1 aliphatic carbocycles. The van der Waals surface area contributed by atoms with Gasteiger partial charge in [0, 0.05) is 21.9 Å². The van der Waals surface area contributed by atoms with Gasteiger partial charge in [-0.3, -0.25) is 4.90 Å². The van der Waals surface area contributed by atoms with Gasteiger partial charge in [-0.2, -0.15) is 9.97 Å². The predicted octanol–water partition coefficient (Wildman–Crippen LogP) is 4.84. The lowest BCUT2D eigenvalue weighted by Crippen LogP contribution is -2.34. The van der Waals surface area contributed by atoms with E-state index in [9.17, 15) is 0 Å². The Hall–Kier alpha value is -2.25. The molecule has 1 aromatic carbocycles. The molecule has 2 aromatic heterocycles. The number of likely N-dealkylation sites (tertiary alicyclic amines) is 1. The Morgan fingerprint density at radius 3 is 2.63 bits per heavy atom. The molecule has 1 atom stereocenters. The highest BCUT2D eigenvalue weighted by Gasteiger charge is 2.58. The molecule has 1 unspecified atom stereocenters. The van der Waals surface area contributed by atoms with Crippen LogP contribution in [0.25, 0.3) is 11.4 Å². The average molecular weight is 428 g/mol. The molecular formula is C22H26ClN5O2. The van der Waals surface area contributed by atoms with Gasteiger partial charge in [-0.25, -0.2) is 0 Å². The van der Waals surface area contributed by atoms with Crippen LogP contribution in [0.15, 0.2) is 33.3 Å². The fraction of sp³-hybridized carbons (Fsp3) is 0.545. The molecule has 2 aliphatic rings. The van der Waals surface area contributed by atoms with E-state index in [1.165, 1.54) is 0 Å². The normalized spacial score (nSPS) is 21.3. The highest BCUT2D eigenvalue weighted by atomic mass is 35.5. The summed E-state index contributed by atoms with van der Waals surface area (Å²) in [5, 5.41) is 9.01. The van der Waals surface area contributed by atoms with Crippen molar-refractivity contribution in [3.8, 4) is 11.4 Å². The Morgan fingerprint density at radius 1 is 1.13 bits per heavy atom. The molecule has 8 heteroatoms. The second kappa shape index (κ2) is 7.17. The summed E-state index contributed by atoms with van der Waals surface area (Å²) in [5.41, 5.74) is 1.06. The number of aromatic nitrogens is 4. The maximum absolute atomic E-state index is 6.08. The zero-order chi connectivity index (χ0) is 20.9. The van der Waals surface area contributed by atoms with Crippen LogP contribution in [-0.2, 0) is 12.0 Å². The summed E-state index contributed by atoms with van der Waals surface area (Å²) in [6.45, 7) is 9.02. The van der Waals surface area contributed by atoms with E-state index in [1.54, 1.807) is 0 Å². The lowest BCUT2D eigenvalue weighted by atomic mass is 9.91. The van der Waals surface area contributed by atoms with Gasteiger partial charge in [0.25, 0.3) is 0 Å². The number of halogens is 1. The summed E-state index contributed by atoms with van der Waals surface area (Å²) in [6, 6.07) is 7.55. The van der Waals surface area contributed by atoms with E-state index in [0.29, 0.717) is 28.1 Å². The zero-order valence-corrected chi connectivity index (χ0v) is 18.3. The van der Waals surface area contributed by atoms with E-state index in [4.69, 9.17) is 20.6 Å². The van der Waals surface area contributed by atoms with Crippen LogP contribution >= 0.6 is 11.6 Å². The maximum Gasteiger partial charge on any atom is 0.232 e. The number of piperidine rings is 1. The van der Waals surface area contributed by atoms with Crippen molar-refractivity contribution in [3.63, 3.8) is 0 Å². The van der Waals surface area contributed by atoms with Crippen LogP contribution in [0.1, 0.15) is 63.6 Å². The minimum Gasteiger partial charge on any atom is -0.339 e. The molecule has 158 valence electrons. The molecule has 5 rings (SSSR count). The van der Waals surface area contributed by atoms with Crippen LogP contribution < -0.4 is 0 Å². The Labute approximate surface area is 180 Å². The van der Waals surface area contributed by atoms with Crippen molar-refractivity contribution in [2.45, 2.75) is 57.9 Å². The summed E-state index contributed by atoms with van der Waals surface area (Å²) < 4.78 is 11.0. The Kier molecular flexibility index (Phi) is 4.71. The van der Waals surface area contributed by atoms with Gasteiger partial charge in [-0.15, -0.1) is 0 Å². The van der Waals surface area contributed by atoms with Crippen LogP contribution in [0.2, 0.25) is 5.02 Å². The molecule has 1 aliphatic heterocycles. The van der Waals surface area contributed by atoms with Crippen LogP contribution in [0.5, 0.6) is 0 Å². The molecule has 1 spiro atoms. The number of hydrogen-bond donors (Lipinski definition) is 0. The second-order valence-corrected chi connectivity index (χ2v) is 10.1. The number of hydrogen-bond acceptors (Lipinski definition) is 7. The average Bonchev–Trinajstić information content (AvgIpc) is 3.08. The van der Waals surface area contributed by atoms with Crippen LogP contribution in [0.4, 0.5) is 0 Å². The molecule has 3 heterocycles. The summed E-state index contributed by atoms with van der Waals surface area (Å²) in [7, 11) is 0. The predicted molar refractivity (Wildman–Crippen MR) is 112 cm³/mol. The minimum atomic E-state index is -0.119. The molecule has 0 bridgehead atoms. The van der Waals surface area contributed by atoms with Gasteiger partial charge >= 0.3 is 0 Å². The molecule has 0 N–H and O–H groups in total. The molecule has 3 aromatic rings. The second-order valence-electron chi connectivity index (χ2n) is 9.63. The largest absolute Gasteiger partial charge is 0.339 e. The quantitative estimate of drug-likeness (QED) is 0.589. The lowest BCUT2D eigenvalue weighted by molar-refractivity contribution is 0.154. The Bertz CT molecular complexity index is 1050. The van der Waals surface area contributed by atoms with Gasteiger partial charge in [0.05, 0.1) is 6.54 Å². The molecule has 30 heavy (non-hydrogen) atoms. The van der Waals surface area contributed by atoms with Crippen molar-refractivity contribution in [1.29, 1.82) is 0 Å². The Morgan fingerprint density at radius 2 is 1.93 bits per heavy atom. The van der Waals surface area contributed by atoms with Gasteiger partial charge in [0.15, 0.2) is 5.82 Å². The molecule has 1 saturated heterocycles. The SMILES string of the molecule is CC(C)(C)c1nc(CN2CCC3(CC2)CC3c2nc(-c3cccc(Cl)c3)no2)no1. The van der Waals surface area contributed by atoms with Crippen molar-refractivity contribution in [3.05, 3.63) is 46.9 Å². The third-order valence-corrected chi connectivity index (χ3v) is 6.57. The smallest absolute Gasteiger partial charge is 0.232 e. The van der Waals surface area contributed by atoms with Crippen LogP contribution in [0.3, 0.4) is 0 Å². The van der Waals surface area contributed by atoms with Crippen LogP contribution in [0, 0.1) is 5.41 Å². The van der Waals surface area contributed by atoms with E-state index >= 15 is 0 Å². The van der Waals surface area contributed by atoms with E-state index in [-0.39, 0.29) is 5.41 Å². The van der Waals surface area contributed by atoms with Gasteiger partial charge in [-0.05, 0) is 49.9 Å². The summed E-state index contributed by atoms with van der Waals surface area (Å²) >= 11 is 6.08. The Balaban J connectivity index is 1.19. The van der Waals surface area contributed by atoms with E-state index in [1.807, 2.05) is 24.3 Å². The van der Waals surface area contributed by atoms with Crippen molar-refractivity contribution < 1.29 is 9.05 Å². The van der Waals surface area contributed by atoms with Gasteiger partial charge in [0.2, 0.25) is 17.6 Å². The summed E-state index contributed by atoms with van der Waals surface area (Å²) in [6.07, 6.45) is 3.36. The lowest BCUT2D eigenvalue weighted by Gasteiger charge is -2.31. The molecule has 2 fully saturated rings. The third-order valence-electron chi connectivity index (χ3n) is 6.34. The molecule has 7 nitrogen and oxygen atoms in total. The minimum absolute atomic E-state index is 0.119. The third kappa shape index (κ3) is 3.76. The topological polar surface area (TPSA) is 81.1 Å². The first-order valence-corrected chi connectivity index (χ1v) is 10.9. The maximum atomic E-state index is 6.08. The monoisotopic (exact) mass is 427 g/mol. The molecule has 0 amide bonds. The highest BCUT2D eigenvalue weighted by Crippen LogP contribution is 2.64. The van der Waals surface area contributed by atoms with Crippen molar-refractivity contribution in [1.82, 2.24) is 25.2 Å². The first kappa shape index (κ1) is 19.7. The van der Waals surface area contributed by atoms with E-state index in [0.717, 1.165) is 56.2 Å². The van der Waals surface area contributed by atoms with E-state index < -0.39 is 0 Å². The van der Waals surface area contributed by atoms with E-state index in [2.05, 4.69) is 46.0 Å². The van der Waals surface area contributed by atoms with Crippen molar-refractivity contribution in [2.24, 2.45) is 5.41 Å². The fourth-order valence-corrected chi connectivity index (χ4v) is 4.54. The zero-order valence-electron chi connectivity index (χ0n) is 17.6. The number of rotatable bonds is 4. The molecule has 1 saturated carbocycles. The van der Waals surface area contributed by atoms with Gasteiger partial charge in [0.1, 0.15) is 0 Å². The van der Waals surface area contributed by atoms with Crippen molar-refractivity contribution in [2.75, 3.05) is 13.1 Å². The number of nitrogens with zero attached hydrogens (tertiary/aromatic N) is 5. The highest BCUT2D eigenvalue weighted by molar-refractivity contribution is 6.30.